The minimum Gasteiger partial charge on any atom is -0.497 e. The van der Waals surface area contributed by atoms with E-state index in [-0.39, 0.29) is 68.0 Å². The Hall–Kier alpha value is -6.48. The number of carbonyl (C=O) groups is 4. The minimum atomic E-state index is -2.63. The highest BCUT2D eigenvalue weighted by molar-refractivity contribution is 6.91. The summed E-state index contributed by atoms with van der Waals surface area (Å²) >= 11 is 0. The van der Waals surface area contributed by atoms with Gasteiger partial charge in [0.1, 0.15) is 17.2 Å². The highest BCUT2D eigenvalue weighted by atomic mass is 28.3. The van der Waals surface area contributed by atoms with Crippen LogP contribution in [0.1, 0.15) is 37.3 Å². The summed E-state index contributed by atoms with van der Waals surface area (Å²) in [5, 5.41) is 11.4. The molecule has 0 aliphatic carbocycles. The zero-order valence-electron chi connectivity index (χ0n) is 36.9. The Morgan fingerprint density at radius 3 is 2.05 bits per heavy atom. The number of aliphatic hydroxyl groups is 1. The lowest BCUT2D eigenvalue weighted by molar-refractivity contribution is -0.150. The zero-order valence-corrected chi connectivity index (χ0v) is 37.9. The fraction of sp³-hybridized carbons (Fsp3) is 0.333. The van der Waals surface area contributed by atoms with Crippen molar-refractivity contribution < 1.29 is 43.2 Å². The standard InChI is InChI=1S/C51H52N4O9Si/c1-32-49(65(3,4)38-22-20-37(61-2)21-23-38)45(27-46(57)52-25-9-10-36(52)29-56)64-51(32)39-26-35(55-42-12-6-8-14-44(42)63-31-48(55)59)19-24-40(39)53(50(51)60)28-33-15-17-34(18-16-33)54-41-11-5-7-13-43(41)62-30-47(54)58/h5-8,11-24,26,32,36,45,49,56H,9-10,25,27-31H2,1-4H3/t32-,36-,45+,49-,51+/m0/s1. The van der Waals surface area contributed by atoms with E-state index in [1.165, 1.54) is 0 Å². The maximum atomic E-state index is 15.8. The molecule has 65 heavy (non-hydrogen) atoms. The molecule has 4 amide bonds. The number of hydrogen-bond acceptors (Lipinski definition) is 9. The number of para-hydroxylation sites is 4. The monoisotopic (exact) mass is 892 g/mol. The molecule has 2 saturated heterocycles. The van der Waals surface area contributed by atoms with Crippen molar-refractivity contribution in [2.45, 2.75) is 69.1 Å². The van der Waals surface area contributed by atoms with Crippen molar-refractivity contribution in [3.63, 3.8) is 0 Å². The van der Waals surface area contributed by atoms with Crippen LogP contribution in [0.3, 0.4) is 0 Å². The molecule has 5 aromatic carbocycles. The maximum Gasteiger partial charge on any atom is 0.269 e. The van der Waals surface area contributed by atoms with Gasteiger partial charge in [-0.2, -0.15) is 0 Å². The molecule has 10 rings (SSSR count). The summed E-state index contributed by atoms with van der Waals surface area (Å²) in [6.07, 6.45) is 0.929. The normalized spacial score (nSPS) is 23.6. The summed E-state index contributed by atoms with van der Waals surface area (Å²) in [5.41, 5.74) is 2.85. The van der Waals surface area contributed by atoms with Crippen LogP contribution >= 0.6 is 0 Å². The van der Waals surface area contributed by atoms with Crippen molar-refractivity contribution in [2.24, 2.45) is 5.92 Å². The number of benzene rings is 5. The number of ether oxygens (including phenoxy) is 4. The lowest BCUT2D eigenvalue weighted by Gasteiger charge is -2.37. The van der Waals surface area contributed by atoms with Crippen LogP contribution in [0.4, 0.5) is 28.4 Å². The van der Waals surface area contributed by atoms with Gasteiger partial charge in [0.05, 0.1) is 64.0 Å². The minimum absolute atomic E-state index is 0.0440. The van der Waals surface area contributed by atoms with E-state index in [9.17, 15) is 19.5 Å². The summed E-state index contributed by atoms with van der Waals surface area (Å²) in [4.78, 5) is 64.0. The molecule has 1 N–H and O–H groups in total. The van der Waals surface area contributed by atoms with E-state index >= 15 is 4.79 Å². The molecule has 0 saturated carbocycles. The van der Waals surface area contributed by atoms with Gasteiger partial charge < -0.3 is 33.9 Å². The maximum absolute atomic E-state index is 15.8. The van der Waals surface area contributed by atoms with Crippen molar-refractivity contribution in [2.75, 3.05) is 48.2 Å². The molecule has 0 aromatic heterocycles. The number of amides is 4. The number of methoxy groups -OCH3 is 1. The van der Waals surface area contributed by atoms with E-state index in [1.54, 1.807) is 26.7 Å². The first-order chi connectivity index (χ1) is 31.4. The third-order valence-corrected chi connectivity index (χ3v) is 18.7. The Balaban J connectivity index is 1.08. The number of likely N-dealkylation sites (tertiary alicyclic amines) is 1. The van der Waals surface area contributed by atoms with Crippen molar-refractivity contribution >= 4 is 65.3 Å². The second-order valence-electron chi connectivity index (χ2n) is 18.2. The smallest absolute Gasteiger partial charge is 0.269 e. The molecule has 0 unspecified atom stereocenters. The molecule has 0 bridgehead atoms. The molecule has 5 aromatic rings. The van der Waals surface area contributed by atoms with Crippen LogP contribution in [-0.2, 0) is 36.1 Å². The van der Waals surface area contributed by atoms with Crippen LogP contribution < -0.4 is 34.1 Å². The average molecular weight is 893 g/mol. The van der Waals surface area contributed by atoms with E-state index in [1.807, 2.05) is 103 Å². The Labute approximate surface area is 379 Å². The summed E-state index contributed by atoms with van der Waals surface area (Å²) in [6.45, 7) is 7.05. The number of nitrogens with zero attached hydrogens (tertiary/aromatic N) is 4. The summed E-state index contributed by atoms with van der Waals surface area (Å²) in [6, 6.07) is 35.9. The quantitative estimate of drug-likeness (QED) is 0.148. The number of carbonyl (C=O) groups excluding carboxylic acids is 4. The average Bonchev–Trinajstić information content (AvgIpc) is 3.99. The van der Waals surface area contributed by atoms with Gasteiger partial charge in [0.25, 0.3) is 17.7 Å². The molecular formula is C51H52N4O9Si. The molecule has 5 aliphatic heterocycles. The van der Waals surface area contributed by atoms with Crippen LogP contribution in [0.5, 0.6) is 17.2 Å². The lowest BCUT2D eigenvalue weighted by atomic mass is 9.82. The molecule has 5 aliphatic rings. The molecular weight excluding hydrogens is 841 g/mol. The predicted octanol–water partition coefficient (Wildman–Crippen LogP) is 6.95. The van der Waals surface area contributed by atoms with Gasteiger partial charge in [0, 0.05) is 29.4 Å². The second-order valence-corrected chi connectivity index (χ2v) is 22.8. The Morgan fingerprint density at radius 1 is 0.800 bits per heavy atom. The zero-order chi connectivity index (χ0) is 45.2. The molecule has 5 heterocycles. The lowest BCUT2D eigenvalue weighted by Crippen LogP contribution is -2.52. The van der Waals surface area contributed by atoms with Crippen LogP contribution in [0.2, 0.25) is 18.6 Å². The molecule has 14 heteroatoms. The van der Waals surface area contributed by atoms with Crippen LogP contribution in [0.25, 0.3) is 0 Å². The van der Waals surface area contributed by atoms with Gasteiger partial charge in [-0.1, -0.05) is 73.7 Å². The van der Waals surface area contributed by atoms with Gasteiger partial charge in [-0.3, -0.25) is 29.0 Å². The van der Waals surface area contributed by atoms with E-state index < -0.39 is 25.7 Å². The van der Waals surface area contributed by atoms with Crippen LogP contribution in [0.15, 0.2) is 115 Å². The van der Waals surface area contributed by atoms with Crippen molar-refractivity contribution in [3.8, 4) is 17.2 Å². The summed E-state index contributed by atoms with van der Waals surface area (Å²) in [7, 11) is -0.995. The summed E-state index contributed by atoms with van der Waals surface area (Å²) in [5.74, 6) is 0.715. The van der Waals surface area contributed by atoms with Crippen molar-refractivity contribution in [1.29, 1.82) is 0 Å². The highest BCUT2D eigenvalue weighted by Crippen LogP contribution is 2.61. The molecule has 334 valence electrons. The van der Waals surface area contributed by atoms with Crippen molar-refractivity contribution in [3.05, 3.63) is 126 Å². The molecule has 5 atom stereocenters. The number of fused-ring (bicyclic) bond motifs is 4. The second kappa shape index (κ2) is 16.5. The van der Waals surface area contributed by atoms with Crippen LogP contribution in [-0.4, -0.2) is 87.3 Å². The first-order valence-corrected chi connectivity index (χ1v) is 25.4. The molecule has 13 nitrogen and oxygen atoms in total. The number of hydrogen-bond donors (Lipinski definition) is 1. The Morgan fingerprint density at radius 2 is 1.42 bits per heavy atom. The van der Waals surface area contributed by atoms with E-state index in [4.69, 9.17) is 18.9 Å². The predicted molar refractivity (Wildman–Crippen MR) is 248 cm³/mol. The first-order valence-electron chi connectivity index (χ1n) is 22.3. The van der Waals surface area contributed by atoms with Gasteiger partial charge in [-0.25, -0.2) is 0 Å². The molecule has 2 fully saturated rings. The highest BCUT2D eigenvalue weighted by Gasteiger charge is 2.67. The number of rotatable bonds is 10. The first kappa shape index (κ1) is 42.5. The fourth-order valence-electron chi connectivity index (χ4n) is 11.1. The third-order valence-electron chi connectivity index (χ3n) is 14.3. The summed E-state index contributed by atoms with van der Waals surface area (Å²) < 4.78 is 24.4. The van der Waals surface area contributed by atoms with E-state index in [0.29, 0.717) is 52.0 Å². The largest absolute Gasteiger partial charge is 0.497 e. The fourth-order valence-corrected chi connectivity index (χ4v) is 15.2. The number of anilines is 5. The Kier molecular flexibility index (Phi) is 10.8. The SMILES string of the molecule is COc1ccc([Si](C)(C)[C@@H]2[C@@H](CC(=O)N3CCC[C@H]3CO)O[C@]3(C(=O)N(Cc4ccc(N5C(=O)COc6ccccc65)cc4)c4ccc(N5C(=O)COc6ccccc65)cc43)[C@H]2C)cc1. The number of aliphatic hydroxyl groups excluding tert-OH is 1. The van der Waals surface area contributed by atoms with Gasteiger partial charge in [-0.05, 0) is 90.7 Å². The van der Waals surface area contributed by atoms with Crippen molar-refractivity contribution in [1.82, 2.24) is 4.90 Å². The Bertz CT molecular complexity index is 2690. The van der Waals surface area contributed by atoms with Crippen LogP contribution in [0, 0.1) is 5.92 Å². The van der Waals surface area contributed by atoms with Gasteiger partial charge in [0.2, 0.25) is 5.91 Å². The van der Waals surface area contributed by atoms with E-state index in [0.717, 1.165) is 29.3 Å². The molecule has 1 spiro atoms. The van der Waals surface area contributed by atoms with E-state index in [2.05, 4.69) is 32.2 Å². The molecule has 0 radical (unpaired) electrons. The van der Waals surface area contributed by atoms with Gasteiger partial charge in [0.15, 0.2) is 18.8 Å². The van der Waals surface area contributed by atoms with Gasteiger partial charge >= 0.3 is 0 Å². The topological polar surface area (TPSA) is 138 Å². The third kappa shape index (κ3) is 6.97. The van der Waals surface area contributed by atoms with Gasteiger partial charge in [-0.15, -0.1) is 0 Å².